The summed E-state index contributed by atoms with van der Waals surface area (Å²) in [5.41, 5.74) is 1.13. The standard InChI is InChI=1S/C12H19N3.ClH/c1-10(12-6-2-3-8-14-12)15-11-5-4-7-13-9-11;/h2-3,6,8,10-11,13,15H,4-5,7,9H2,1H3;1H/t10?,11-;/m1./s1. The van der Waals surface area contributed by atoms with E-state index in [1.54, 1.807) is 0 Å². The van der Waals surface area contributed by atoms with Crippen molar-refractivity contribution in [2.45, 2.75) is 31.8 Å². The van der Waals surface area contributed by atoms with Crippen LogP contribution in [0.2, 0.25) is 0 Å². The predicted octanol–water partition coefficient (Wildman–Crippen LogP) is 1.91. The summed E-state index contributed by atoms with van der Waals surface area (Å²) in [5, 5.41) is 7.02. The molecule has 2 heterocycles. The summed E-state index contributed by atoms with van der Waals surface area (Å²) < 4.78 is 0. The van der Waals surface area contributed by atoms with Gasteiger partial charge in [0.15, 0.2) is 0 Å². The summed E-state index contributed by atoms with van der Waals surface area (Å²) in [6.45, 7) is 4.42. The van der Waals surface area contributed by atoms with E-state index in [4.69, 9.17) is 0 Å². The Kier molecular flexibility index (Phi) is 5.74. The van der Waals surface area contributed by atoms with Crippen molar-refractivity contribution in [3.05, 3.63) is 30.1 Å². The summed E-state index contributed by atoms with van der Waals surface area (Å²) >= 11 is 0. The van der Waals surface area contributed by atoms with Gasteiger partial charge in [-0.15, -0.1) is 12.4 Å². The molecule has 1 aliphatic rings. The molecule has 0 aromatic carbocycles. The van der Waals surface area contributed by atoms with Gasteiger partial charge in [-0.05, 0) is 38.4 Å². The lowest BCUT2D eigenvalue weighted by Crippen LogP contribution is -2.44. The molecule has 16 heavy (non-hydrogen) atoms. The normalized spacial score (nSPS) is 22.2. The summed E-state index contributed by atoms with van der Waals surface area (Å²) in [6, 6.07) is 7.01. The molecule has 2 atom stereocenters. The van der Waals surface area contributed by atoms with Crippen molar-refractivity contribution in [3.8, 4) is 0 Å². The molecular weight excluding hydrogens is 222 g/mol. The van der Waals surface area contributed by atoms with Gasteiger partial charge in [-0.3, -0.25) is 4.98 Å². The van der Waals surface area contributed by atoms with E-state index in [1.165, 1.54) is 12.8 Å². The molecule has 2 rings (SSSR count). The Morgan fingerprint density at radius 1 is 1.50 bits per heavy atom. The molecule has 4 heteroatoms. The largest absolute Gasteiger partial charge is 0.315 e. The van der Waals surface area contributed by atoms with Crippen LogP contribution in [-0.4, -0.2) is 24.1 Å². The molecule has 0 bridgehead atoms. The van der Waals surface area contributed by atoms with Crippen molar-refractivity contribution < 1.29 is 0 Å². The van der Waals surface area contributed by atoms with Crippen molar-refractivity contribution in [2.24, 2.45) is 0 Å². The maximum Gasteiger partial charge on any atom is 0.0570 e. The number of nitrogens with zero attached hydrogens (tertiary/aromatic N) is 1. The molecule has 0 spiro atoms. The maximum absolute atomic E-state index is 4.36. The zero-order chi connectivity index (χ0) is 10.5. The number of pyridine rings is 1. The Hall–Kier alpha value is -0.640. The van der Waals surface area contributed by atoms with Crippen molar-refractivity contribution in [1.82, 2.24) is 15.6 Å². The van der Waals surface area contributed by atoms with Crippen molar-refractivity contribution in [1.29, 1.82) is 0 Å². The minimum Gasteiger partial charge on any atom is -0.315 e. The fourth-order valence-electron chi connectivity index (χ4n) is 2.07. The van der Waals surface area contributed by atoms with Gasteiger partial charge < -0.3 is 10.6 Å². The van der Waals surface area contributed by atoms with Gasteiger partial charge in [-0.25, -0.2) is 0 Å². The Labute approximate surface area is 103 Å². The molecule has 90 valence electrons. The molecule has 1 unspecified atom stereocenters. The molecular formula is C12H20ClN3. The first-order valence-electron chi connectivity index (χ1n) is 5.74. The highest BCUT2D eigenvalue weighted by Gasteiger charge is 2.16. The van der Waals surface area contributed by atoms with Gasteiger partial charge >= 0.3 is 0 Å². The third-order valence-corrected chi connectivity index (χ3v) is 2.91. The van der Waals surface area contributed by atoms with Gasteiger partial charge in [0.1, 0.15) is 0 Å². The van der Waals surface area contributed by atoms with Crippen LogP contribution >= 0.6 is 12.4 Å². The van der Waals surface area contributed by atoms with Crippen LogP contribution < -0.4 is 10.6 Å². The highest BCUT2D eigenvalue weighted by atomic mass is 35.5. The van der Waals surface area contributed by atoms with Crippen molar-refractivity contribution in [3.63, 3.8) is 0 Å². The second-order valence-corrected chi connectivity index (χ2v) is 4.19. The number of piperidine rings is 1. The van der Waals surface area contributed by atoms with Crippen LogP contribution in [0.5, 0.6) is 0 Å². The Morgan fingerprint density at radius 2 is 2.38 bits per heavy atom. The van der Waals surface area contributed by atoms with Gasteiger partial charge in [0, 0.05) is 24.8 Å². The van der Waals surface area contributed by atoms with Gasteiger partial charge in [-0.2, -0.15) is 0 Å². The first-order valence-corrected chi connectivity index (χ1v) is 5.74. The summed E-state index contributed by atoms with van der Waals surface area (Å²) in [4.78, 5) is 4.36. The van der Waals surface area contributed by atoms with Crippen LogP contribution in [0.4, 0.5) is 0 Å². The monoisotopic (exact) mass is 241 g/mol. The number of rotatable bonds is 3. The van der Waals surface area contributed by atoms with E-state index in [2.05, 4.69) is 28.6 Å². The van der Waals surface area contributed by atoms with Crippen LogP contribution in [0, 0.1) is 0 Å². The first-order chi connectivity index (χ1) is 7.36. The van der Waals surface area contributed by atoms with Crippen LogP contribution in [-0.2, 0) is 0 Å². The zero-order valence-electron chi connectivity index (χ0n) is 9.65. The van der Waals surface area contributed by atoms with Crippen molar-refractivity contribution in [2.75, 3.05) is 13.1 Å². The van der Waals surface area contributed by atoms with E-state index in [0.717, 1.165) is 18.8 Å². The summed E-state index contributed by atoms with van der Waals surface area (Å²) in [5.74, 6) is 0. The molecule has 1 fully saturated rings. The maximum atomic E-state index is 4.36. The summed E-state index contributed by atoms with van der Waals surface area (Å²) in [6.07, 6.45) is 4.39. The number of hydrogen-bond donors (Lipinski definition) is 2. The topological polar surface area (TPSA) is 37.0 Å². The molecule has 0 radical (unpaired) electrons. The fourth-order valence-corrected chi connectivity index (χ4v) is 2.07. The lowest BCUT2D eigenvalue weighted by molar-refractivity contribution is 0.359. The average molecular weight is 242 g/mol. The number of aromatic nitrogens is 1. The third-order valence-electron chi connectivity index (χ3n) is 2.91. The molecule has 0 amide bonds. The Bertz CT molecular complexity index is 286. The average Bonchev–Trinajstić information content (AvgIpc) is 2.31. The quantitative estimate of drug-likeness (QED) is 0.849. The van der Waals surface area contributed by atoms with E-state index in [-0.39, 0.29) is 12.4 Å². The molecule has 1 saturated heterocycles. The fraction of sp³-hybridized carbons (Fsp3) is 0.583. The number of halogens is 1. The lowest BCUT2D eigenvalue weighted by atomic mass is 10.1. The third kappa shape index (κ3) is 3.74. The molecule has 0 aliphatic carbocycles. The van der Waals surface area contributed by atoms with Gasteiger partial charge in [0.05, 0.1) is 5.69 Å². The van der Waals surface area contributed by atoms with E-state index in [9.17, 15) is 0 Å². The smallest absolute Gasteiger partial charge is 0.0570 e. The molecule has 0 saturated carbocycles. The first kappa shape index (κ1) is 13.4. The second kappa shape index (κ2) is 6.84. The second-order valence-electron chi connectivity index (χ2n) is 4.19. The van der Waals surface area contributed by atoms with Crippen LogP contribution in [0.15, 0.2) is 24.4 Å². The Morgan fingerprint density at radius 3 is 3.00 bits per heavy atom. The van der Waals surface area contributed by atoms with Crippen LogP contribution in [0.25, 0.3) is 0 Å². The van der Waals surface area contributed by atoms with Gasteiger partial charge in [0.2, 0.25) is 0 Å². The lowest BCUT2D eigenvalue weighted by Gasteiger charge is -2.27. The molecule has 2 N–H and O–H groups in total. The minimum absolute atomic E-state index is 0. The SMILES string of the molecule is CC(N[C@@H]1CCCNC1)c1ccccn1.Cl. The molecule has 1 aromatic heterocycles. The zero-order valence-corrected chi connectivity index (χ0v) is 10.5. The van der Waals surface area contributed by atoms with Gasteiger partial charge in [0.25, 0.3) is 0 Å². The van der Waals surface area contributed by atoms with E-state index in [0.29, 0.717) is 12.1 Å². The molecule has 1 aromatic rings. The van der Waals surface area contributed by atoms with Gasteiger partial charge in [-0.1, -0.05) is 6.07 Å². The highest BCUT2D eigenvalue weighted by Crippen LogP contribution is 2.11. The van der Waals surface area contributed by atoms with Crippen LogP contribution in [0.1, 0.15) is 31.5 Å². The number of nitrogens with one attached hydrogen (secondary N) is 2. The predicted molar refractivity (Wildman–Crippen MR) is 68.9 cm³/mol. The summed E-state index contributed by atoms with van der Waals surface area (Å²) in [7, 11) is 0. The van der Waals surface area contributed by atoms with E-state index < -0.39 is 0 Å². The highest BCUT2D eigenvalue weighted by molar-refractivity contribution is 5.85. The molecule has 1 aliphatic heterocycles. The van der Waals surface area contributed by atoms with E-state index >= 15 is 0 Å². The minimum atomic E-state index is 0. The van der Waals surface area contributed by atoms with E-state index in [1.807, 2.05) is 18.3 Å². The number of hydrogen-bond acceptors (Lipinski definition) is 3. The Balaban J connectivity index is 0.00000128. The van der Waals surface area contributed by atoms with Crippen molar-refractivity contribution >= 4 is 12.4 Å². The molecule has 3 nitrogen and oxygen atoms in total. The van der Waals surface area contributed by atoms with Crippen LogP contribution in [0.3, 0.4) is 0 Å².